The highest BCUT2D eigenvalue weighted by Gasteiger charge is 2.10. The van der Waals surface area contributed by atoms with E-state index in [1.54, 1.807) is 36.0 Å². The predicted octanol–water partition coefficient (Wildman–Crippen LogP) is 3.83. The highest BCUT2D eigenvalue weighted by Crippen LogP contribution is 2.29. The number of halogens is 1. The quantitative estimate of drug-likeness (QED) is 0.759. The summed E-state index contributed by atoms with van der Waals surface area (Å²) in [6.45, 7) is 6.66. The maximum Gasteiger partial charge on any atom is 0.248 e. The Bertz CT molecular complexity index is 784. The molecular formula is C18H22ClN3O3. The molecule has 0 saturated heterocycles. The van der Waals surface area contributed by atoms with Crippen molar-refractivity contribution in [3.05, 3.63) is 40.7 Å². The van der Waals surface area contributed by atoms with Gasteiger partial charge in [0.2, 0.25) is 5.91 Å². The van der Waals surface area contributed by atoms with Crippen molar-refractivity contribution < 1.29 is 14.3 Å². The number of ether oxygens (including phenoxy) is 2. The molecule has 1 N–H and O–H groups in total. The number of aromatic nitrogens is 2. The van der Waals surface area contributed by atoms with Crippen LogP contribution in [-0.2, 0) is 11.8 Å². The molecule has 0 bridgehead atoms. The zero-order valence-electron chi connectivity index (χ0n) is 14.8. The van der Waals surface area contributed by atoms with Gasteiger partial charge in [-0.1, -0.05) is 11.6 Å². The molecule has 0 fully saturated rings. The zero-order valence-corrected chi connectivity index (χ0v) is 15.6. The average Bonchev–Trinajstić information content (AvgIpc) is 2.81. The van der Waals surface area contributed by atoms with E-state index < -0.39 is 0 Å². The predicted molar refractivity (Wildman–Crippen MR) is 99.4 cm³/mol. The molecule has 0 atom stereocenters. The molecule has 7 heteroatoms. The van der Waals surface area contributed by atoms with Gasteiger partial charge in [0.1, 0.15) is 16.7 Å². The summed E-state index contributed by atoms with van der Waals surface area (Å²) >= 11 is 6.16. The maximum absolute atomic E-state index is 12.3. The number of aryl methyl sites for hydroxylation is 2. The lowest BCUT2D eigenvalue weighted by Crippen LogP contribution is -2.10. The largest absolute Gasteiger partial charge is 0.494 e. The molecule has 134 valence electrons. The van der Waals surface area contributed by atoms with Crippen molar-refractivity contribution in [3.8, 4) is 11.5 Å². The van der Waals surface area contributed by atoms with Crippen LogP contribution in [-0.4, -0.2) is 28.9 Å². The number of amides is 1. The summed E-state index contributed by atoms with van der Waals surface area (Å²) in [6.07, 6.45) is 3.06. The Hall–Kier alpha value is -2.47. The second-order valence-electron chi connectivity index (χ2n) is 5.26. The SMILES string of the molecule is CCOc1ccc(OCC)c(NC(=O)/C=C/c2c(C)nn(C)c2Cl)c1. The fourth-order valence-electron chi connectivity index (χ4n) is 2.31. The number of hydrogen-bond donors (Lipinski definition) is 1. The van der Waals surface area contributed by atoms with Gasteiger partial charge in [0.05, 0.1) is 24.6 Å². The minimum absolute atomic E-state index is 0.297. The van der Waals surface area contributed by atoms with Crippen LogP contribution in [0.15, 0.2) is 24.3 Å². The van der Waals surface area contributed by atoms with Crippen LogP contribution in [0.2, 0.25) is 5.15 Å². The Morgan fingerprint density at radius 3 is 2.64 bits per heavy atom. The molecule has 2 rings (SSSR count). The van der Waals surface area contributed by atoms with Crippen LogP contribution in [0.4, 0.5) is 5.69 Å². The fraction of sp³-hybridized carbons (Fsp3) is 0.333. The van der Waals surface area contributed by atoms with Gasteiger partial charge in [-0.25, -0.2) is 0 Å². The van der Waals surface area contributed by atoms with Crippen molar-refractivity contribution in [2.24, 2.45) is 7.05 Å². The van der Waals surface area contributed by atoms with E-state index in [1.807, 2.05) is 20.8 Å². The standard InChI is InChI=1S/C18H22ClN3O3/c1-5-24-13-7-9-16(25-6-2)15(11-13)20-17(23)10-8-14-12(3)21-22(4)18(14)19/h7-11H,5-6H2,1-4H3,(H,20,23)/b10-8+. The molecule has 1 amide bonds. The highest BCUT2D eigenvalue weighted by atomic mass is 35.5. The van der Waals surface area contributed by atoms with Gasteiger partial charge < -0.3 is 14.8 Å². The molecule has 0 aliphatic rings. The smallest absolute Gasteiger partial charge is 0.248 e. The molecule has 1 aromatic carbocycles. The first-order valence-electron chi connectivity index (χ1n) is 8.04. The maximum atomic E-state index is 12.3. The summed E-state index contributed by atoms with van der Waals surface area (Å²) in [5, 5.41) is 7.50. The van der Waals surface area contributed by atoms with Crippen LogP contribution >= 0.6 is 11.6 Å². The van der Waals surface area contributed by atoms with E-state index in [2.05, 4.69) is 10.4 Å². The summed E-state index contributed by atoms with van der Waals surface area (Å²) < 4.78 is 12.6. The summed E-state index contributed by atoms with van der Waals surface area (Å²) in [4.78, 5) is 12.3. The van der Waals surface area contributed by atoms with Crippen LogP contribution in [0.1, 0.15) is 25.1 Å². The van der Waals surface area contributed by atoms with Gasteiger partial charge in [-0.15, -0.1) is 0 Å². The number of anilines is 1. The van der Waals surface area contributed by atoms with Crippen molar-refractivity contribution in [3.63, 3.8) is 0 Å². The van der Waals surface area contributed by atoms with E-state index in [-0.39, 0.29) is 5.91 Å². The van der Waals surface area contributed by atoms with Crippen LogP contribution in [0.3, 0.4) is 0 Å². The van der Waals surface area contributed by atoms with Crippen molar-refractivity contribution in [1.29, 1.82) is 0 Å². The third kappa shape index (κ3) is 4.76. The Morgan fingerprint density at radius 2 is 2.04 bits per heavy atom. The second-order valence-corrected chi connectivity index (χ2v) is 5.62. The molecule has 0 aliphatic heterocycles. The van der Waals surface area contributed by atoms with E-state index in [4.69, 9.17) is 21.1 Å². The molecule has 0 spiro atoms. The van der Waals surface area contributed by atoms with E-state index in [0.29, 0.717) is 41.1 Å². The molecule has 0 saturated carbocycles. The minimum atomic E-state index is -0.297. The lowest BCUT2D eigenvalue weighted by molar-refractivity contribution is -0.111. The van der Waals surface area contributed by atoms with Crippen molar-refractivity contribution in [1.82, 2.24) is 9.78 Å². The van der Waals surface area contributed by atoms with Crippen LogP contribution in [0.5, 0.6) is 11.5 Å². The summed E-state index contributed by atoms with van der Waals surface area (Å²) in [5.74, 6) is 0.952. The fourth-order valence-corrected chi connectivity index (χ4v) is 2.55. The van der Waals surface area contributed by atoms with E-state index in [9.17, 15) is 4.79 Å². The van der Waals surface area contributed by atoms with Gasteiger partial charge in [-0.05, 0) is 39.0 Å². The van der Waals surface area contributed by atoms with Gasteiger partial charge in [-0.3, -0.25) is 9.48 Å². The van der Waals surface area contributed by atoms with E-state index in [1.165, 1.54) is 6.08 Å². The molecule has 25 heavy (non-hydrogen) atoms. The Morgan fingerprint density at radius 1 is 1.32 bits per heavy atom. The number of nitrogens with zero attached hydrogens (tertiary/aromatic N) is 2. The number of benzene rings is 1. The first kappa shape index (κ1) is 18.9. The van der Waals surface area contributed by atoms with Crippen molar-refractivity contribution in [2.45, 2.75) is 20.8 Å². The molecule has 2 aromatic rings. The highest BCUT2D eigenvalue weighted by molar-refractivity contribution is 6.31. The van der Waals surface area contributed by atoms with Crippen LogP contribution in [0, 0.1) is 6.92 Å². The molecule has 1 aromatic heterocycles. The first-order valence-corrected chi connectivity index (χ1v) is 8.41. The molecule has 6 nitrogen and oxygen atoms in total. The number of nitrogens with one attached hydrogen (secondary N) is 1. The Balaban J connectivity index is 2.18. The molecule has 1 heterocycles. The van der Waals surface area contributed by atoms with Crippen LogP contribution < -0.4 is 14.8 Å². The lowest BCUT2D eigenvalue weighted by Gasteiger charge is -2.12. The molecular weight excluding hydrogens is 342 g/mol. The third-order valence-electron chi connectivity index (χ3n) is 3.42. The molecule has 0 unspecified atom stereocenters. The minimum Gasteiger partial charge on any atom is -0.494 e. The molecule has 0 aliphatic carbocycles. The normalized spacial score (nSPS) is 10.9. The number of carbonyl (C=O) groups excluding carboxylic acids is 1. The number of carbonyl (C=O) groups is 1. The average molecular weight is 364 g/mol. The first-order chi connectivity index (χ1) is 12.0. The summed E-state index contributed by atoms with van der Waals surface area (Å²) in [7, 11) is 1.75. The van der Waals surface area contributed by atoms with Crippen molar-refractivity contribution >= 4 is 29.3 Å². The summed E-state index contributed by atoms with van der Waals surface area (Å²) in [5.41, 5.74) is 2.02. The van der Waals surface area contributed by atoms with Crippen LogP contribution in [0.25, 0.3) is 6.08 Å². The van der Waals surface area contributed by atoms with Gasteiger partial charge in [0.25, 0.3) is 0 Å². The zero-order chi connectivity index (χ0) is 18.4. The van der Waals surface area contributed by atoms with E-state index >= 15 is 0 Å². The number of rotatable bonds is 7. The van der Waals surface area contributed by atoms with Gasteiger partial charge in [0.15, 0.2) is 0 Å². The van der Waals surface area contributed by atoms with Crippen molar-refractivity contribution in [2.75, 3.05) is 18.5 Å². The third-order valence-corrected chi connectivity index (χ3v) is 3.87. The Kier molecular flexibility index (Phi) is 6.47. The van der Waals surface area contributed by atoms with E-state index in [0.717, 1.165) is 5.69 Å². The topological polar surface area (TPSA) is 65.4 Å². The van der Waals surface area contributed by atoms with Gasteiger partial charge in [-0.2, -0.15) is 5.10 Å². The number of hydrogen-bond acceptors (Lipinski definition) is 4. The summed E-state index contributed by atoms with van der Waals surface area (Å²) in [6, 6.07) is 5.32. The monoisotopic (exact) mass is 363 g/mol. The Labute approximate surface area is 152 Å². The lowest BCUT2D eigenvalue weighted by atomic mass is 10.2. The molecule has 0 radical (unpaired) electrons. The van der Waals surface area contributed by atoms with Gasteiger partial charge in [0, 0.05) is 24.8 Å². The van der Waals surface area contributed by atoms with Gasteiger partial charge >= 0.3 is 0 Å². The second kappa shape index (κ2) is 8.58.